The van der Waals surface area contributed by atoms with E-state index in [2.05, 4.69) is 15.2 Å². The molecule has 0 radical (unpaired) electrons. The van der Waals surface area contributed by atoms with Crippen LogP contribution in [0.3, 0.4) is 0 Å². The number of carbonyl (C=O) groups excluding carboxylic acids is 1. The number of nitrogens with one attached hydrogen (secondary N) is 1. The highest BCUT2D eigenvalue weighted by Gasteiger charge is 2.31. The summed E-state index contributed by atoms with van der Waals surface area (Å²) in [7, 11) is 0. The highest BCUT2D eigenvalue weighted by molar-refractivity contribution is 5.92. The van der Waals surface area contributed by atoms with E-state index in [0.29, 0.717) is 44.3 Å². The van der Waals surface area contributed by atoms with Crippen LogP contribution in [0.4, 0.5) is 18.9 Å². The summed E-state index contributed by atoms with van der Waals surface area (Å²) in [5.74, 6) is 0.121. The van der Waals surface area contributed by atoms with Crippen molar-refractivity contribution in [3.63, 3.8) is 0 Å². The van der Waals surface area contributed by atoms with Gasteiger partial charge in [0.15, 0.2) is 5.69 Å². The molecular weight excluding hydrogens is 433 g/mol. The first-order valence-corrected chi connectivity index (χ1v) is 10.7. The maximum Gasteiger partial charge on any atom is 0.416 e. The van der Waals surface area contributed by atoms with Gasteiger partial charge in [-0.1, -0.05) is 36.4 Å². The first-order valence-electron chi connectivity index (χ1n) is 10.7. The van der Waals surface area contributed by atoms with Gasteiger partial charge in [-0.3, -0.25) is 9.69 Å². The van der Waals surface area contributed by atoms with Crippen molar-refractivity contribution in [2.45, 2.75) is 25.7 Å². The normalized spacial score (nSPS) is 15.9. The molecule has 1 aliphatic rings. The van der Waals surface area contributed by atoms with E-state index in [1.54, 1.807) is 6.07 Å². The van der Waals surface area contributed by atoms with Crippen LogP contribution < -0.4 is 10.2 Å². The Bertz CT molecular complexity index is 1080. The molecule has 0 spiro atoms. The number of benzene rings is 2. The smallest absolute Gasteiger partial charge is 0.416 e. The molecule has 3 aromatic rings. The SMILES string of the molecule is CC(NC(=O)c1coc(CN2CCN(c3cccc(C(F)(F)F)c3)CC2)n1)c1ccccc1. The lowest BCUT2D eigenvalue weighted by Crippen LogP contribution is -2.46. The minimum atomic E-state index is -4.36. The second-order valence-electron chi connectivity index (χ2n) is 8.04. The van der Waals surface area contributed by atoms with E-state index in [-0.39, 0.29) is 17.6 Å². The molecule has 9 heteroatoms. The van der Waals surface area contributed by atoms with Crippen molar-refractivity contribution >= 4 is 11.6 Å². The Morgan fingerprint density at radius 1 is 1.09 bits per heavy atom. The van der Waals surface area contributed by atoms with Gasteiger partial charge in [0.05, 0.1) is 18.2 Å². The van der Waals surface area contributed by atoms with Crippen LogP contribution >= 0.6 is 0 Å². The second kappa shape index (κ2) is 9.66. The molecule has 6 nitrogen and oxygen atoms in total. The lowest BCUT2D eigenvalue weighted by atomic mass is 10.1. The molecule has 1 unspecified atom stereocenters. The second-order valence-corrected chi connectivity index (χ2v) is 8.04. The zero-order valence-electron chi connectivity index (χ0n) is 18.2. The molecule has 4 rings (SSSR count). The third kappa shape index (κ3) is 5.73. The molecule has 1 N–H and O–H groups in total. The van der Waals surface area contributed by atoms with Crippen LogP contribution in [-0.4, -0.2) is 42.0 Å². The van der Waals surface area contributed by atoms with Crippen molar-refractivity contribution in [3.05, 3.63) is 83.6 Å². The fourth-order valence-electron chi connectivity index (χ4n) is 3.82. The van der Waals surface area contributed by atoms with Crippen LogP contribution in [-0.2, 0) is 12.7 Å². The largest absolute Gasteiger partial charge is 0.447 e. The fourth-order valence-corrected chi connectivity index (χ4v) is 3.82. The number of nitrogens with zero attached hydrogens (tertiary/aromatic N) is 3. The van der Waals surface area contributed by atoms with Crippen LogP contribution in [0.5, 0.6) is 0 Å². The molecule has 1 amide bonds. The summed E-state index contributed by atoms with van der Waals surface area (Å²) in [6.45, 7) is 4.79. The lowest BCUT2D eigenvalue weighted by molar-refractivity contribution is -0.137. The van der Waals surface area contributed by atoms with Gasteiger partial charge in [-0.15, -0.1) is 0 Å². The van der Waals surface area contributed by atoms with Crippen molar-refractivity contribution in [1.29, 1.82) is 0 Å². The lowest BCUT2D eigenvalue weighted by Gasteiger charge is -2.35. The molecule has 2 heterocycles. The Hall–Kier alpha value is -3.33. The van der Waals surface area contributed by atoms with Gasteiger partial charge in [0.1, 0.15) is 6.26 Å². The summed E-state index contributed by atoms with van der Waals surface area (Å²) in [6, 6.07) is 14.9. The van der Waals surface area contributed by atoms with Gasteiger partial charge in [-0.2, -0.15) is 13.2 Å². The van der Waals surface area contributed by atoms with Crippen LogP contribution in [0, 0.1) is 0 Å². The number of carbonyl (C=O) groups is 1. The van der Waals surface area contributed by atoms with Crippen LogP contribution in [0.25, 0.3) is 0 Å². The fraction of sp³-hybridized carbons (Fsp3) is 0.333. The first kappa shape index (κ1) is 22.8. The minimum absolute atomic E-state index is 0.164. The predicted molar refractivity (Wildman–Crippen MR) is 118 cm³/mol. The molecule has 1 aromatic heterocycles. The summed E-state index contributed by atoms with van der Waals surface area (Å²) < 4.78 is 44.4. The number of aromatic nitrogens is 1. The third-order valence-corrected chi connectivity index (χ3v) is 5.70. The van der Waals surface area contributed by atoms with E-state index in [1.807, 2.05) is 42.2 Å². The topological polar surface area (TPSA) is 61.6 Å². The molecule has 0 aliphatic carbocycles. The Morgan fingerprint density at radius 3 is 2.52 bits per heavy atom. The molecule has 2 aromatic carbocycles. The third-order valence-electron chi connectivity index (χ3n) is 5.70. The highest BCUT2D eigenvalue weighted by Crippen LogP contribution is 2.32. The average molecular weight is 458 g/mol. The summed E-state index contributed by atoms with van der Waals surface area (Å²) >= 11 is 0. The first-order chi connectivity index (χ1) is 15.8. The van der Waals surface area contributed by atoms with Gasteiger partial charge in [-0.25, -0.2) is 4.98 Å². The van der Waals surface area contributed by atoms with Crippen molar-refractivity contribution in [2.24, 2.45) is 0 Å². The van der Waals surface area contributed by atoms with Crippen molar-refractivity contribution < 1.29 is 22.4 Å². The predicted octanol–water partition coefficient (Wildman–Crippen LogP) is 4.51. The minimum Gasteiger partial charge on any atom is -0.447 e. The maximum atomic E-state index is 13.0. The van der Waals surface area contributed by atoms with Crippen molar-refractivity contribution in [2.75, 3.05) is 31.1 Å². The van der Waals surface area contributed by atoms with E-state index < -0.39 is 11.7 Å². The molecule has 0 bridgehead atoms. The van der Waals surface area contributed by atoms with Gasteiger partial charge in [-0.05, 0) is 30.7 Å². The number of anilines is 1. The molecule has 174 valence electrons. The maximum absolute atomic E-state index is 13.0. The number of rotatable bonds is 6. The van der Waals surface area contributed by atoms with Gasteiger partial charge in [0.25, 0.3) is 5.91 Å². The molecule has 33 heavy (non-hydrogen) atoms. The molecule has 1 atom stereocenters. The Labute approximate surface area is 190 Å². The number of halogens is 3. The Kier molecular flexibility index (Phi) is 6.69. The van der Waals surface area contributed by atoms with Gasteiger partial charge in [0.2, 0.25) is 5.89 Å². The zero-order chi connectivity index (χ0) is 23.4. The number of alkyl halides is 3. The van der Waals surface area contributed by atoms with Crippen molar-refractivity contribution in [1.82, 2.24) is 15.2 Å². The van der Waals surface area contributed by atoms with E-state index in [1.165, 1.54) is 18.4 Å². The van der Waals surface area contributed by atoms with Crippen LogP contribution in [0.2, 0.25) is 0 Å². The summed E-state index contributed by atoms with van der Waals surface area (Å²) in [5, 5.41) is 2.91. The summed E-state index contributed by atoms with van der Waals surface area (Å²) in [4.78, 5) is 20.8. The van der Waals surface area contributed by atoms with E-state index in [0.717, 1.165) is 11.6 Å². The van der Waals surface area contributed by atoms with Gasteiger partial charge in [0, 0.05) is 31.9 Å². The quantitative estimate of drug-likeness (QED) is 0.589. The van der Waals surface area contributed by atoms with Gasteiger partial charge < -0.3 is 14.6 Å². The summed E-state index contributed by atoms with van der Waals surface area (Å²) in [6.07, 6.45) is -3.01. The molecule has 1 aliphatic heterocycles. The Balaban J connectivity index is 1.30. The molecule has 0 saturated carbocycles. The number of hydrogen-bond acceptors (Lipinski definition) is 5. The highest BCUT2D eigenvalue weighted by atomic mass is 19.4. The molecular formula is C24H25F3N4O2. The average Bonchev–Trinajstić information content (AvgIpc) is 3.28. The zero-order valence-corrected chi connectivity index (χ0v) is 18.2. The number of amides is 1. The van der Waals surface area contributed by atoms with Crippen LogP contribution in [0.1, 0.15) is 40.5 Å². The number of piperazine rings is 1. The monoisotopic (exact) mass is 458 g/mol. The van der Waals surface area contributed by atoms with E-state index in [9.17, 15) is 18.0 Å². The number of oxazole rings is 1. The standard InChI is InChI=1S/C24H25F3N4O2/c1-17(18-6-3-2-4-7-18)28-23(32)21-16-33-22(29-21)15-30-10-12-31(13-11-30)20-9-5-8-19(14-20)24(25,26)27/h2-9,14,16-17H,10-13,15H2,1H3,(H,28,32). The number of hydrogen-bond donors (Lipinski definition) is 1. The molecule has 1 fully saturated rings. The van der Waals surface area contributed by atoms with E-state index in [4.69, 9.17) is 4.42 Å². The van der Waals surface area contributed by atoms with Gasteiger partial charge >= 0.3 is 6.18 Å². The molecule has 1 saturated heterocycles. The summed E-state index contributed by atoms with van der Waals surface area (Å²) in [5.41, 5.74) is 1.13. The van der Waals surface area contributed by atoms with E-state index >= 15 is 0 Å². The van der Waals surface area contributed by atoms with Crippen LogP contribution in [0.15, 0.2) is 65.3 Å². The van der Waals surface area contributed by atoms with Crippen molar-refractivity contribution in [3.8, 4) is 0 Å². The Morgan fingerprint density at radius 2 is 1.82 bits per heavy atom.